The topological polar surface area (TPSA) is 67.3 Å². The highest BCUT2D eigenvalue weighted by molar-refractivity contribution is 5.96. The number of amides is 2. The number of carbonyl (C=O) groups is 2. The van der Waals surface area contributed by atoms with Gasteiger partial charge in [0.05, 0.1) is 0 Å². The van der Waals surface area contributed by atoms with Gasteiger partial charge in [-0.15, -0.1) is 0 Å². The van der Waals surface area contributed by atoms with Crippen molar-refractivity contribution in [1.82, 2.24) is 14.7 Å². The summed E-state index contributed by atoms with van der Waals surface area (Å²) in [5, 5.41) is 10.7. The second-order valence-corrected chi connectivity index (χ2v) is 12.4. The van der Waals surface area contributed by atoms with Gasteiger partial charge in [-0.25, -0.2) is 0 Å². The van der Waals surface area contributed by atoms with Gasteiger partial charge in [0.1, 0.15) is 0 Å². The van der Waals surface area contributed by atoms with E-state index in [0.717, 1.165) is 74.4 Å². The molecule has 10 heteroatoms. The highest BCUT2D eigenvalue weighted by Crippen LogP contribution is 2.44. The normalized spacial score (nSPS) is 21.1. The van der Waals surface area contributed by atoms with Crippen molar-refractivity contribution < 1.29 is 27.9 Å². The summed E-state index contributed by atoms with van der Waals surface area (Å²) in [6.45, 7) is 6.27. The number of likely N-dealkylation sites (tertiary alicyclic amines) is 2. The Morgan fingerprint density at radius 3 is 2.14 bits per heavy atom. The number of hydrogen-bond acceptors (Lipinski definition) is 5. The van der Waals surface area contributed by atoms with Gasteiger partial charge < -0.3 is 24.7 Å². The van der Waals surface area contributed by atoms with Crippen LogP contribution in [0, 0.1) is 5.41 Å². The van der Waals surface area contributed by atoms with Gasteiger partial charge in [-0.05, 0) is 69.0 Å². The van der Waals surface area contributed by atoms with Gasteiger partial charge in [0.2, 0.25) is 0 Å². The number of halogens is 3. The Labute approximate surface area is 245 Å². The summed E-state index contributed by atoms with van der Waals surface area (Å²) in [6.07, 6.45) is -1.03. The molecule has 42 heavy (non-hydrogen) atoms. The molecule has 0 bridgehead atoms. The first-order valence-electron chi connectivity index (χ1n) is 14.9. The number of aryl methyl sites for hydroxylation is 1. The molecule has 3 heterocycles. The Morgan fingerprint density at radius 1 is 0.976 bits per heavy atom. The summed E-state index contributed by atoms with van der Waals surface area (Å²) in [6, 6.07) is 13.0. The molecule has 3 saturated heterocycles. The summed E-state index contributed by atoms with van der Waals surface area (Å²) >= 11 is 0. The predicted molar refractivity (Wildman–Crippen MR) is 155 cm³/mol. The van der Waals surface area contributed by atoms with Crippen molar-refractivity contribution in [2.24, 2.45) is 5.41 Å². The molecule has 0 radical (unpaired) electrons. The fraction of sp³-hybridized carbons (Fsp3) is 0.562. The molecule has 0 saturated carbocycles. The lowest BCUT2D eigenvalue weighted by Crippen LogP contribution is -2.62. The van der Waals surface area contributed by atoms with Crippen LogP contribution in [0.3, 0.4) is 0 Å². The number of benzene rings is 2. The summed E-state index contributed by atoms with van der Waals surface area (Å²) in [5.74, 6) is -1.27. The maximum Gasteiger partial charge on any atom is 0.430 e. The molecule has 7 nitrogen and oxygen atoms in total. The average molecular weight is 587 g/mol. The quantitative estimate of drug-likeness (QED) is 0.547. The van der Waals surface area contributed by atoms with Gasteiger partial charge in [-0.2, -0.15) is 13.2 Å². The van der Waals surface area contributed by atoms with Crippen LogP contribution in [0.25, 0.3) is 0 Å². The molecule has 3 aliphatic rings. The predicted octanol–water partition coefficient (Wildman–Crippen LogP) is 4.29. The van der Waals surface area contributed by atoms with E-state index in [-0.39, 0.29) is 30.5 Å². The molecular weight excluding hydrogens is 545 g/mol. The monoisotopic (exact) mass is 586 g/mol. The molecule has 2 aromatic carbocycles. The summed E-state index contributed by atoms with van der Waals surface area (Å²) < 4.78 is 42.0. The molecule has 1 spiro atoms. The Balaban J connectivity index is 1.14. The molecule has 0 aliphatic carbocycles. The van der Waals surface area contributed by atoms with Crippen LogP contribution >= 0.6 is 0 Å². The molecule has 0 aromatic heterocycles. The zero-order valence-electron chi connectivity index (χ0n) is 24.7. The molecule has 5 rings (SSSR count). The van der Waals surface area contributed by atoms with Crippen LogP contribution < -0.4 is 4.90 Å². The Morgan fingerprint density at radius 2 is 1.60 bits per heavy atom. The number of aliphatic hydroxyl groups is 1. The van der Waals surface area contributed by atoms with E-state index in [4.69, 9.17) is 0 Å². The fourth-order valence-corrected chi connectivity index (χ4v) is 6.90. The van der Waals surface area contributed by atoms with E-state index in [2.05, 4.69) is 22.8 Å². The van der Waals surface area contributed by atoms with Crippen LogP contribution in [0.2, 0.25) is 0 Å². The third kappa shape index (κ3) is 5.51. The minimum absolute atomic E-state index is 0.0216. The van der Waals surface area contributed by atoms with Crippen LogP contribution in [-0.4, -0.2) is 97.2 Å². The lowest BCUT2D eigenvalue weighted by Gasteiger charge is -2.56. The van der Waals surface area contributed by atoms with Crippen LogP contribution in [0.4, 0.5) is 18.9 Å². The summed E-state index contributed by atoms with van der Waals surface area (Å²) in [5.41, 5.74) is -0.772. The highest BCUT2D eigenvalue weighted by Gasteiger charge is 2.62. The summed E-state index contributed by atoms with van der Waals surface area (Å²) in [4.78, 5) is 33.2. The number of alkyl halides is 3. The summed E-state index contributed by atoms with van der Waals surface area (Å²) in [7, 11) is 3.53. The number of nitrogens with zero attached hydrogens (tertiary/aromatic N) is 4. The number of anilines is 1. The number of piperidine rings is 2. The molecule has 0 unspecified atom stereocenters. The smallest absolute Gasteiger partial charge is 0.370 e. The van der Waals surface area contributed by atoms with Gasteiger partial charge >= 0.3 is 6.18 Å². The molecule has 1 atom stereocenters. The molecule has 2 aromatic rings. The Hall–Kier alpha value is -3.11. The van der Waals surface area contributed by atoms with Crippen molar-refractivity contribution in [3.05, 3.63) is 65.2 Å². The third-order valence-electron chi connectivity index (χ3n) is 9.56. The van der Waals surface area contributed by atoms with Crippen LogP contribution in [-0.2, 0) is 16.8 Å². The van der Waals surface area contributed by atoms with Crippen molar-refractivity contribution in [3.63, 3.8) is 0 Å². The number of hydrogen-bond donors (Lipinski definition) is 1. The Bertz CT molecular complexity index is 1280. The zero-order valence-corrected chi connectivity index (χ0v) is 24.7. The minimum atomic E-state index is -5.12. The van der Waals surface area contributed by atoms with Crippen molar-refractivity contribution >= 4 is 17.5 Å². The van der Waals surface area contributed by atoms with E-state index in [1.54, 1.807) is 25.1 Å². The largest absolute Gasteiger partial charge is 0.430 e. The second-order valence-electron chi connectivity index (χ2n) is 12.4. The molecule has 1 N–H and O–H groups in total. The van der Waals surface area contributed by atoms with Crippen molar-refractivity contribution in [2.45, 2.75) is 56.8 Å². The number of carbonyl (C=O) groups excluding carboxylic acids is 2. The molecule has 228 valence electrons. The average Bonchev–Trinajstić information content (AvgIpc) is 2.98. The first-order valence-corrected chi connectivity index (χ1v) is 14.9. The lowest BCUT2D eigenvalue weighted by molar-refractivity contribution is -0.262. The van der Waals surface area contributed by atoms with Gasteiger partial charge in [-0.3, -0.25) is 9.59 Å². The first-order chi connectivity index (χ1) is 19.9. The van der Waals surface area contributed by atoms with Gasteiger partial charge in [0, 0.05) is 68.5 Å². The van der Waals surface area contributed by atoms with E-state index in [1.807, 2.05) is 12.1 Å². The minimum Gasteiger partial charge on any atom is -0.370 e. The maximum atomic E-state index is 14.0. The van der Waals surface area contributed by atoms with E-state index in [0.29, 0.717) is 12.8 Å². The first kappa shape index (κ1) is 30.4. The number of rotatable bonds is 6. The molecule has 3 fully saturated rings. The Kier molecular flexibility index (Phi) is 8.33. The molecule has 3 aliphatic heterocycles. The van der Waals surface area contributed by atoms with Crippen molar-refractivity contribution in [1.29, 1.82) is 0 Å². The van der Waals surface area contributed by atoms with Crippen molar-refractivity contribution in [2.75, 3.05) is 58.3 Å². The molecule has 2 amide bonds. The van der Waals surface area contributed by atoms with Crippen LogP contribution in [0.5, 0.6) is 0 Å². The van der Waals surface area contributed by atoms with Crippen LogP contribution in [0.15, 0.2) is 48.5 Å². The van der Waals surface area contributed by atoms with E-state index >= 15 is 0 Å². The fourth-order valence-electron chi connectivity index (χ4n) is 6.90. The second kappa shape index (κ2) is 11.5. The lowest BCUT2D eigenvalue weighted by atomic mass is 9.71. The van der Waals surface area contributed by atoms with Gasteiger partial charge in [-0.1, -0.05) is 37.3 Å². The standard InChI is InChI=1S/C32H41F3N4O3/c1-4-23-20-26(10-11-27(23)28(40)36(2)3)39-21-30(22-39)14-18-37(19-15-30)25-12-16-38(17-13-25)29(41)31(42,32(33,34)35)24-8-6-5-7-9-24/h5-11,20,25,42H,4,12-19,21-22H2,1-3H3/t31-/m1/s1. The van der Waals surface area contributed by atoms with Gasteiger partial charge in [0.15, 0.2) is 0 Å². The van der Waals surface area contributed by atoms with E-state index < -0.39 is 23.2 Å². The third-order valence-corrected chi connectivity index (χ3v) is 9.56. The van der Waals surface area contributed by atoms with Crippen molar-refractivity contribution in [3.8, 4) is 0 Å². The van der Waals surface area contributed by atoms with Crippen LogP contribution in [0.1, 0.15) is 54.1 Å². The van der Waals surface area contributed by atoms with Gasteiger partial charge in [0.25, 0.3) is 17.4 Å². The highest BCUT2D eigenvalue weighted by atomic mass is 19.4. The SMILES string of the molecule is CCc1cc(N2CC3(CCN(C4CCN(C(=O)[C@](O)(c5ccccc5)C(F)(F)F)CC4)CC3)C2)ccc1C(=O)N(C)C. The van der Waals surface area contributed by atoms with E-state index in [9.17, 15) is 27.9 Å². The zero-order chi connectivity index (χ0) is 30.3. The maximum absolute atomic E-state index is 14.0. The van der Waals surface area contributed by atoms with E-state index in [1.165, 1.54) is 17.0 Å². The molecular formula is C32H41F3N4O3.